The monoisotopic (exact) mass is 332 g/mol. The van der Waals surface area contributed by atoms with Crippen LogP contribution in [0.1, 0.15) is 12.0 Å². The van der Waals surface area contributed by atoms with Crippen LogP contribution >= 0.6 is 15.9 Å². The number of aromatic nitrogens is 1. The van der Waals surface area contributed by atoms with E-state index in [2.05, 4.69) is 31.9 Å². The Morgan fingerprint density at radius 3 is 3.05 bits per heavy atom. The van der Waals surface area contributed by atoms with Gasteiger partial charge >= 0.3 is 0 Å². The molecule has 2 aromatic rings. The van der Waals surface area contributed by atoms with Crippen molar-refractivity contribution >= 4 is 15.9 Å². The van der Waals surface area contributed by atoms with Crippen LogP contribution in [0, 0.1) is 0 Å². The maximum Gasteiger partial charge on any atom is 0.120 e. The molecular formula is C16H17BrN2O. The van der Waals surface area contributed by atoms with Gasteiger partial charge in [-0.25, -0.2) is 0 Å². The number of rotatable bonds is 4. The minimum absolute atomic E-state index is 0.279. The summed E-state index contributed by atoms with van der Waals surface area (Å²) in [5.41, 5.74) is 1.26. The lowest BCUT2D eigenvalue weighted by Gasteiger charge is -2.17. The second kappa shape index (κ2) is 6.37. The molecule has 1 saturated heterocycles. The predicted octanol–water partition coefficient (Wildman–Crippen LogP) is 3.50. The SMILES string of the molecule is Brc1cccc(OC2CCN(Cc3cccnc3)C2)c1. The van der Waals surface area contributed by atoms with E-state index in [1.54, 1.807) is 0 Å². The molecule has 0 amide bonds. The first-order valence-corrected chi connectivity index (χ1v) is 7.62. The number of likely N-dealkylation sites (tertiary alicyclic amines) is 1. The zero-order valence-electron chi connectivity index (χ0n) is 11.2. The molecule has 0 aliphatic carbocycles. The van der Waals surface area contributed by atoms with Gasteiger partial charge in [0, 0.05) is 36.5 Å². The lowest BCUT2D eigenvalue weighted by molar-refractivity contribution is 0.198. The van der Waals surface area contributed by atoms with Gasteiger partial charge in [0.1, 0.15) is 11.9 Å². The third-order valence-corrected chi connectivity index (χ3v) is 3.95. The second-order valence-corrected chi connectivity index (χ2v) is 6.00. The van der Waals surface area contributed by atoms with Crippen LogP contribution in [-0.2, 0) is 6.54 Å². The van der Waals surface area contributed by atoms with Gasteiger partial charge in [0.2, 0.25) is 0 Å². The Balaban J connectivity index is 1.54. The average molecular weight is 333 g/mol. The minimum Gasteiger partial charge on any atom is -0.489 e. The van der Waals surface area contributed by atoms with Crippen LogP contribution in [0.3, 0.4) is 0 Å². The third kappa shape index (κ3) is 3.58. The van der Waals surface area contributed by atoms with Crippen molar-refractivity contribution in [2.24, 2.45) is 0 Å². The van der Waals surface area contributed by atoms with Crippen molar-refractivity contribution in [2.75, 3.05) is 13.1 Å². The van der Waals surface area contributed by atoms with Gasteiger partial charge in [-0.15, -0.1) is 0 Å². The predicted molar refractivity (Wildman–Crippen MR) is 82.7 cm³/mol. The van der Waals surface area contributed by atoms with E-state index in [9.17, 15) is 0 Å². The number of hydrogen-bond acceptors (Lipinski definition) is 3. The van der Waals surface area contributed by atoms with Crippen LogP contribution in [0.15, 0.2) is 53.3 Å². The standard InChI is InChI=1S/C16H17BrN2O/c17-14-4-1-5-15(9-14)20-16-6-8-19(12-16)11-13-3-2-7-18-10-13/h1-5,7,9-10,16H,6,8,11-12H2. The molecule has 1 atom stereocenters. The lowest BCUT2D eigenvalue weighted by Crippen LogP contribution is -2.24. The van der Waals surface area contributed by atoms with Crippen molar-refractivity contribution in [2.45, 2.75) is 19.1 Å². The highest BCUT2D eigenvalue weighted by Gasteiger charge is 2.23. The quantitative estimate of drug-likeness (QED) is 0.856. The van der Waals surface area contributed by atoms with Crippen molar-refractivity contribution in [1.82, 2.24) is 9.88 Å². The molecule has 3 nitrogen and oxygen atoms in total. The van der Waals surface area contributed by atoms with Gasteiger partial charge in [0.25, 0.3) is 0 Å². The van der Waals surface area contributed by atoms with E-state index < -0.39 is 0 Å². The zero-order chi connectivity index (χ0) is 13.8. The topological polar surface area (TPSA) is 25.4 Å². The van der Waals surface area contributed by atoms with E-state index in [1.165, 1.54) is 5.56 Å². The molecule has 0 N–H and O–H groups in total. The largest absolute Gasteiger partial charge is 0.489 e. The number of pyridine rings is 1. The molecule has 1 aromatic heterocycles. The highest BCUT2D eigenvalue weighted by molar-refractivity contribution is 9.10. The summed E-state index contributed by atoms with van der Waals surface area (Å²) in [6.45, 7) is 3.00. The molecule has 1 aliphatic rings. The first-order chi connectivity index (χ1) is 9.79. The third-order valence-electron chi connectivity index (χ3n) is 3.46. The Hall–Kier alpha value is -1.39. The normalized spacial score (nSPS) is 19.1. The van der Waals surface area contributed by atoms with Crippen molar-refractivity contribution in [3.8, 4) is 5.75 Å². The number of halogens is 1. The van der Waals surface area contributed by atoms with E-state index in [1.807, 2.05) is 42.7 Å². The highest BCUT2D eigenvalue weighted by Crippen LogP contribution is 2.22. The van der Waals surface area contributed by atoms with E-state index in [4.69, 9.17) is 4.74 Å². The Labute approximate surface area is 127 Å². The first kappa shape index (κ1) is 13.6. The molecule has 20 heavy (non-hydrogen) atoms. The van der Waals surface area contributed by atoms with Crippen LogP contribution in [0.2, 0.25) is 0 Å². The lowest BCUT2D eigenvalue weighted by atomic mass is 10.3. The summed E-state index contributed by atoms with van der Waals surface area (Å²) in [4.78, 5) is 6.58. The summed E-state index contributed by atoms with van der Waals surface area (Å²) in [7, 11) is 0. The first-order valence-electron chi connectivity index (χ1n) is 6.83. The molecule has 2 heterocycles. The Morgan fingerprint density at radius 2 is 2.25 bits per heavy atom. The van der Waals surface area contributed by atoms with Crippen molar-refractivity contribution in [1.29, 1.82) is 0 Å². The smallest absolute Gasteiger partial charge is 0.120 e. The van der Waals surface area contributed by atoms with Crippen molar-refractivity contribution in [3.63, 3.8) is 0 Å². The van der Waals surface area contributed by atoms with Crippen LogP contribution in [0.5, 0.6) is 5.75 Å². The molecule has 104 valence electrons. The van der Waals surface area contributed by atoms with E-state index >= 15 is 0 Å². The average Bonchev–Trinajstić information content (AvgIpc) is 2.87. The molecular weight excluding hydrogens is 316 g/mol. The summed E-state index contributed by atoms with van der Waals surface area (Å²) < 4.78 is 7.09. The molecule has 1 aromatic carbocycles. The molecule has 1 fully saturated rings. The molecule has 0 bridgehead atoms. The fraction of sp³-hybridized carbons (Fsp3) is 0.312. The molecule has 1 unspecified atom stereocenters. The summed E-state index contributed by atoms with van der Waals surface area (Å²) in [5.74, 6) is 0.938. The van der Waals surface area contributed by atoms with Gasteiger partial charge in [-0.2, -0.15) is 0 Å². The molecule has 1 aliphatic heterocycles. The fourth-order valence-corrected chi connectivity index (χ4v) is 2.90. The summed E-state index contributed by atoms with van der Waals surface area (Å²) in [6.07, 6.45) is 5.10. The second-order valence-electron chi connectivity index (χ2n) is 5.08. The molecule has 4 heteroatoms. The van der Waals surface area contributed by atoms with E-state index in [0.717, 1.165) is 36.3 Å². The molecule has 0 spiro atoms. The molecule has 0 saturated carbocycles. The van der Waals surface area contributed by atoms with Gasteiger partial charge in [-0.05, 0) is 36.2 Å². The van der Waals surface area contributed by atoms with Crippen molar-refractivity contribution in [3.05, 3.63) is 58.8 Å². The Morgan fingerprint density at radius 1 is 1.30 bits per heavy atom. The van der Waals surface area contributed by atoms with E-state index in [0.29, 0.717) is 0 Å². The number of ether oxygens (including phenoxy) is 1. The maximum absolute atomic E-state index is 6.04. The van der Waals surface area contributed by atoms with Crippen LogP contribution < -0.4 is 4.74 Å². The van der Waals surface area contributed by atoms with Crippen LogP contribution in [-0.4, -0.2) is 29.1 Å². The van der Waals surface area contributed by atoms with Gasteiger partial charge in [0.15, 0.2) is 0 Å². The Bertz CT molecular complexity index is 561. The number of hydrogen-bond donors (Lipinski definition) is 0. The fourth-order valence-electron chi connectivity index (χ4n) is 2.52. The summed E-state index contributed by atoms with van der Waals surface area (Å²) >= 11 is 3.47. The van der Waals surface area contributed by atoms with Gasteiger partial charge in [-0.1, -0.05) is 28.1 Å². The van der Waals surface area contributed by atoms with Gasteiger partial charge in [0.05, 0.1) is 0 Å². The van der Waals surface area contributed by atoms with Crippen LogP contribution in [0.4, 0.5) is 0 Å². The summed E-state index contributed by atoms with van der Waals surface area (Å²) in [5, 5.41) is 0. The molecule has 0 radical (unpaired) electrons. The number of benzene rings is 1. The highest BCUT2D eigenvalue weighted by atomic mass is 79.9. The minimum atomic E-state index is 0.279. The van der Waals surface area contributed by atoms with Crippen LogP contribution in [0.25, 0.3) is 0 Å². The van der Waals surface area contributed by atoms with E-state index in [-0.39, 0.29) is 6.10 Å². The van der Waals surface area contributed by atoms with Crippen molar-refractivity contribution < 1.29 is 4.74 Å². The number of nitrogens with zero attached hydrogens (tertiary/aromatic N) is 2. The molecule has 3 rings (SSSR count). The summed E-state index contributed by atoms with van der Waals surface area (Å²) in [6, 6.07) is 12.1. The maximum atomic E-state index is 6.04. The van der Waals surface area contributed by atoms with Gasteiger partial charge < -0.3 is 4.74 Å². The van der Waals surface area contributed by atoms with Gasteiger partial charge in [-0.3, -0.25) is 9.88 Å². The Kier molecular flexibility index (Phi) is 4.33. The zero-order valence-corrected chi connectivity index (χ0v) is 12.8.